The van der Waals surface area contributed by atoms with Crippen LogP contribution in [-0.4, -0.2) is 41.7 Å². The molecular weight excluding hydrogens is 278 g/mol. The monoisotopic (exact) mass is 299 g/mol. The van der Waals surface area contributed by atoms with E-state index in [0.29, 0.717) is 36.8 Å². The Bertz CT molecular complexity index is 423. The summed E-state index contributed by atoms with van der Waals surface area (Å²) in [6, 6.07) is 7.31. The van der Waals surface area contributed by atoms with Crippen LogP contribution in [0, 0.1) is 0 Å². The molecule has 0 saturated heterocycles. The van der Waals surface area contributed by atoms with E-state index in [2.05, 4.69) is 0 Å². The lowest BCUT2D eigenvalue weighted by atomic mass is 10.2. The third kappa shape index (κ3) is 5.39. The zero-order valence-corrected chi connectivity index (χ0v) is 12.8. The van der Waals surface area contributed by atoms with Crippen LogP contribution in [-0.2, 0) is 4.79 Å². The molecule has 0 radical (unpaired) electrons. The summed E-state index contributed by atoms with van der Waals surface area (Å²) in [7, 11) is 0. The second kappa shape index (κ2) is 8.82. The van der Waals surface area contributed by atoms with Crippen molar-refractivity contribution >= 4 is 17.5 Å². The molecule has 0 aliphatic heterocycles. The van der Waals surface area contributed by atoms with Crippen molar-refractivity contribution < 1.29 is 14.6 Å². The zero-order valence-electron chi connectivity index (χ0n) is 12.0. The number of halogens is 1. The van der Waals surface area contributed by atoms with Crippen molar-refractivity contribution in [3.63, 3.8) is 0 Å². The third-order valence-electron chi connectivity index (χ3n) is 2.91. The molecule has 1 N–H and O–H groups in total. The molecule has 0 aromatic heterocycles. The summed E-state index contributed by atoms with van der Waals surface area (Å²) in [6.45, 7) is 4.88. The normalized spacial score (nSPS) is 10.7. The Balaban J connectivity index is 2.43. The lowest BCUT2D eigenvalue weighted by Crippen LogP contribution is -2.38. The summed E-state index contributed by atoms with van der Waals surface area (Å²) in [6.07, 6.45) is 0.893. The Morgan fingerprint density at radius 2 is 2.10 bits per heavy atom. The van der Waals surface area contributed by atoms with E-state index in [9.17, 15) is 4.79 Å². The van der Waals surface area contributed by atoms with Crippen molar-refractivity contribution in [3.8, 4) is 5.75 Å². The number of para-hydroxylation sites is 1. The van der Waals surface area contributed by atoms with E-state index in [4.69, 9.17) is 21.4 Å². The van der Waals surface area contributed by atoms with E-state index < -0.39 is 0 Å². The third-order valence-corrected chi connectivity index (χ3v) is 3.22. The molecule has 1 aromatic rings. The standard InChI is InChI=1S/C15H22ClNO3/c1-12(2)17(9-5-10-18)15(19)8-11-20-14-7-4-3-6-13(14)16/h3-4,6-7,12,18H,5,8-11H2,1-2H3. The molecule has 0 fully saturated rings. The van der Waals surface area contributed by atoms with Crippen LogP contribution >= 0.6 is 11.6 Å². The van der Waals surface area contributed by atoms with Crippen molar-refractivity contribution in [2.75, 3.05) is 19.8 Å². The number of amides is 1. The molecule has 0 unspecified atom stereocenters. The molecule has 0 aliphatic rings. The highest BCUT2D eigenvalue weighted by Gasteiger charge is 2.16. The molecular formula is C15H22ClNO3. The molecule has 1 aromatic carbocycles. The smallest absolute Gasteiger partial charge is 0.226 e. The van der Waals surface area contributed by atoms with E-state index in [1.165, 1.54) is 0 Å². The Labute approximate surface area is 125 Å². The Morgan fingerprint density at radius 1 is 1.40 bits per heavy atom. The predicted octanol–water partition coefficient (Wildman–Crippen LogP) is 2.73. The first-order chi connectivity index (χ1) is 9.56. The number of hydrogen-bond acceptors (Lipinski definition) is 3. The molecule has 0 atom stereocenters. The highest BCUT2D eigenvalue weighted by atomic mass is 35.5. The maximum absolute atomic E-state index is 12.1. The van der Waals surface area contributed by atoms with Crippen molar-refractivity contribution in [2.24, 2.45) is 0 Å². The van der Waals surface area contributed by atoms with Crippen molar-refractivity contribution in [1.29, 1.82) is 0 Å². The minimum absolute atomic E-state index is 0.0282. The van der Waals surface area contributed by atoms with Crippen molar-refractivity contribution in [2.45, 2.75) is 32.7 Å². The van der Waals surface area contributed by atoms with E-state index in [1.807, 2.05) is 26.0 Å². The summed E-state index contributed by atoms with van der Waals surface area (Å²) in [5.74, 6) is 0.619. The summed E-state index contributed by atoms with van der Waals surface area (Å²) in [4.78, 5) is 13.9. The fraction of sp³-hybridized carbons (Fsp3) is 0.533. The summed E-state index contributed by atoms with van der Waals surface area (Å²) in [5.41, 5.74) is 0. The van der Waals surface area contributed by atoms with E-state index in [-0.39, 0.29) is 18.6 Å². The van der Waals surface area contributed by atoms with Gasteiger partial charge >= 0.3 is 0 Å². The number of hydrogen-bond donors (Lipinski definition) is 1. The first kappa shape index (κ1) is 16.8. The molecule has 5 heteroatoms. The van der Waals surface area contributed by atoms with Gasteiger partial charge in [-0.05, 0) is 32.4 Å². The molecule has 112 valence electrons. The van der Waals surface area contributed by atoms with Crippen molar-refractivity contribution in [3.05, 3.63) is 29.3 Å². The molecule has 0 bridgehead atoms. The second-order valence-electron chi connectivity index (χ2n) is 4.79. The molecule has 0 saturated carbocycles. The van der Waals surface area contributed by atoms with Crippen LogP contribution in [0.5, 0.6) is 5.75 Å². The number of ether oxygens (including phenoxy) is 1. The molecule has 0 aliphatic carbocycles. The minimum Gasteiger partial charge on any atom is -0.491 e. The van der Waals surface area contributed by atoms with Gasteiger partial charge in [-0.15, -0.1) is 0 Å². The van der Waals surface area contributed by atoms with Crippen LogP contribution in [0.25, 0.3) is 0 Å². The van der Waals surface area contributed by atoms with Gasteiger partial charge in [0, 0.05) is 19.2 Å². The number of carbonyl (C=O) groups excluding carboxylic acids is 1. The van der Waals surface area contributed by atoms with Gasteiger partial charge in [0.25, 0.3) is 0 Å². The van der Waals surface area contributed by atoms with Gasteiger partial charge in [0.1, 0.15) is 5.75 Å². The Morgan fingerprint density at radius 3 is 2.70 bits per heavy atom. The SMILES string of the molecule is CC(C)N(CCCO)C(=O)CCOc1ccccc1Cl. The average Bonchev–Trinajstić information content (AvgIpc) is 2.41. The largest absolute Gasteiger partial charge is 0.491 e. The lowest BCUT2D eigenvalue weighted by molar-refractivity contribution is -0.133. The van der Waals surface area contributed by atoms with Gasteiger partial charge in [-0.1, -0.05) is 23.7 Å². The summed E-state index contributed by atoms with van der Waals surface area (Å²) >= 11 is 5.97. The van der Waals surface area contributed by atoms with Gasteiger partial charge in [-0.25, -0.2) is 0 Å². The number of benzene rings is 1. The van der Waals surface area contributed by atoms with Gasteiger partial charge < -0.3 is 14.7 Å². The number of nitrogens with zero attached hydrogens (tertiary/aromatic N) is 1. The second-order valence-corrected chi connectivity index (χ2v) is 5.19. The van der Waals surface area contributed by atoms with Gasteiger partial charge in [-0.3, -0.25) is 4.79 Å². The fourth-order valence-corrected chi connectivity index (χ4v) is 2.06. The van der Waals surface area contributed by atoms with Crippen LogP contribution in [0.1, 0.15) is 26.7 Å². The zero-order chi connectivity index (χ0) is 15.0. The Hall–Kier alpha value is -1.26. The minimum atomic E-state index is 0.0282. The predicted molar refractivity (Wildman–Crippen MR) is 80.1 cm³/mol. The lowest BCUT2D eigenvalue weighted by Gasteiger charge is -2.26. The van der Waals surface area contributed by atoms with Crippen LogP contribution in [0.3, 0.4) is 0 Å². The molecule has 4 nitrogen and oxygen atoms in total. The van der Waals surface area contributed by atoms with Crippen LogP contribution in [0.4, 0.5) is 0 Å². The Kier molecular flexibility index (Phi) is 7.41. The average molecular weight is 300 g/mol. The maximum atomic E-state index is 12.1. The molecule has 0 heterocycles. The first-order valence-corrected chi connectivity index (χ1v) is 7.21. The number of rotatable bonds is 8. The van der Waals surface area contributed by atoms with Crippen LogP contribution in [0.2, 0.25) is 5.02 Å². The molecule has 1 amide bonds. The molecule has 1 rings (SSSR count). The fourth-order valence-electron chi connectivity index (χ4n) is 1.87. The van der Waals surface area contributed by atoms with Crippen LogP contribution < -0.4 is 4.74 Å². The highest BCUT2D eigenvalue weighted by Crippen LogP contribution is 2.23. The van der Waals surface area contributed by atoms with Gasteiger partial charge in [-0.2, -0.15) is 0 Å². The van der Waals surface area contributed by atoms with Crippen molar-refractivity contribution in [1.82, 2.24) is 4.90 Å². The number of carbonyl (C=O) groups is 1. The summed E-state index contributed by atoms with van der Waals surface area (Å²) < 4.78 is 5.51. The number of aliphatic hydroxyl groups excluding tert-OH is 1. The molecule has 20 heavy (non-hydrogen) atoms. The van der Waals surface area contributed by atoms with E-state index in [0.717, 1.165) is 0 Å². The van der Waals surface area contributed by atoms with E-state index in [1.54, 1.807) is 17.0 Å². The highest BCUT2D eigenvalue weighted by molar-refractivity contribution is 6.32. The quantitative estimate of drug-likeness (QED) is 0.803. The first-order valence-electron chi connectivity index (χ1n) is 6.84. The van der Waals surface area contributed by atoms with E-state index >= 15 is 0 Å². The topological polar surface area (TPSA) is 49.8 Å². The van der Waals surface area contributed by atoms with Gasteiger partial charge in [0.05, 0.1) is 18.1 Å². The van der Waals surface area contributed by atoms with Gasteiger partial charge in [0.2, 0.25) is 5.91 Å². The summed E-state index contributed by atoms with van der Waals surface area (Å²) in [5, 5.41) is 9.40. The molecule has 0 spiro atoms. The maximum Gasteiger partial charge on any atom is 0.226 e. The van der Waals surface area contributed by atoms with Crippen LogP contribution in [0.15, 0.2) is 24.3 Å². The van der Waals surface area contributed by atoms with Gasteiger partial charge in [0.15, 0.2) is 0 Å². The number of aliphatic hydroxyl groups is 1.